The van der Waals surface area contributed by atoms with Crippen LogP contribution in [-0.2, 0) is 38.6 Å². The van der Waals surface area contributed by atoms with Crippen LogP contribution in [0.4, 0.5) is 0 Å². The molecular weight excluding hydrogens is 604 g/mol. The maximum atomic E-state index is 13.9. The summed E-state index contributed by atoms with van der Waals surface area (Å²) in [6, 6.07) is 26.9. The van der Waals surface area contributed by atoms with Crippen molar-refractivity contribution in [3.05, 3.63) is 114 Å². The Morgan fingerprint density at radius 3 is 2.33 bits per heavy atom. The van der Waals surface area contributed by atoms with E-state index in [0.717, 1.165) is 54.5 Å². The summed E-state index contributed by atoms with van der Waals surface area (Å²) in [6.07, 6.45) is 9.55. The van der Waals surface area contributed by atoms with Crippen LogP contribution in [0.2, 0.25) is 0 Å². The van der Waals surface area contributed by atoms with Crippen molar-refractivity contribution < 1.29 is 29.0 Å². The summed E-state index contributed by atoms with van der Waals surface area (Å²) in [4.78, 5) is 42.1. The van der Waals surface area contributed by atoms with Crippen LogP contribution in [0.5, 0.6) is 5.75 Å². The Morgan fingerprint density at radius 1 is 0.875 bits per heavy atom. The molecule has 0 unspecified atom stereocenters. The molecule has 0 aromatic heterocycles. The van der Waals surface area contributed by atoms with Gasteiger partial charge < -0.3 is 24.8 Å². The van der Waals surface area contributed by atoms with Crippen LogP contribution < -0.4 is 10.1 Å². The fourth-order valence-electron chi connectivity index (χ4n) is 6.58. The van der Waals surface area contributed by atoms with E-state index in [0.29, 0.717) is 32.4 Å². The summed E-state index contributed by atoms with van der Waals surface area (Å²) in [6.45, 7) is 1.01. The highest BCUT2D eigenvalue weighted by molar-refractivity contribution is 5.86. The van der Waals surface area contributed by atoms with Gasteiger partial charge in [-0.2, -0.15) is 0 Å². The number of benzene rings is 3. The molecular formula is C40H48N2O6. The molecule has 1 saturated heterocycles. The second-order valence-corrected chi connectivity index (χ2v) is 13.0. The fourth-order valence-corrected chi connectivity index (χ4v) is 6.58. The highest BCUT2D eigenvalue weighted by atomic mass is 16.5. The summed E-state index contributed by atoms with van der Waals surface area (Å²) < 4.78 is 11.7. The lowest BCUT2D eigenvalue weighted by Gasteiger charge is -2.29. The van der Waals surface area contributed by atoms with E-state index in [-0.39, 0.29) is 49.4 Å². The van der Waals surface area contributed by atoms with Crippen LogP contribution in [0.15, 0.2) is 97.1 Å². The van der Waals surface area contributed by atoms with Crippen molar-refractivity contribution in [2.75, 3.05) is 19.8 Å². The van der Waals surface area contributed by atoms with E-state index in [9.17, 15) is 19.5 Å². The minimum atomic E-state index is -0.535. The quantitative estimate of drug-likeness (QED) is 0.200. The first-order valence-corrected chi connectivity index (χ1v) is 17.3. The largest absolute Gasteiger partial charge is 0.489 e. The van der Waals surface area contributed by atoms with Crippen LogP contribution in [0, 0.1) is 11.8 Å². The lowest BCUT2D eigenvalue weighted by molar-refractivity contribution is -0.152. The second-order valence-electron chi connectivity index (χ2n) is 13.0. The third-order valence-corrected chi connectivity index (χ3v) is 9.27. The second kappa shape index (κ2) is 18.2. The van der Waals surface area contributed by atoms with Crippen LogP contribution in [0.3, 0.4) is 0 Å². The van der Waals surface area contributed by atoms with E-state index >= 15 is 0 Å². The van der Waals surface area contributed by atoms with Gasteiger partial charge in [-0.3, -0.25) is 14.4 Å². The predicted molar refractivity (Wildman–Crippen MR) is 185 cm³/mol. The third-order valence-electron chi connectivity index (χ3n) is 9.27. The van der Waals surface area contributed by atoms with Gasteiger partial charge in [0, 0.05) is 13.0 Å². The molecule has 2 aliphatic heterocycles. The maximum absolute atomic E-state index is 13.9. The summed E-state index contributed by atoms with van der Waals surface area (Å²) >= 11 is 0. The SMILES string of the molecule is O=C(C[C@H]1CC=CCCC[C@H](Cc2ccccc2)C(=O)OC[C@@H]2CCCN2C1=O)N[C@H](CO)Cc1ccc(OCc2ccccc2)cc1. The lowest BCUT2D eigenvalue weighted by atomic mass is 9.93. The van der Waals surface area contributed by atoms with Crippen LogP contribution in [0.25, 0.3) is 0 Å². The van der Waals surface area contributed by atoms with Gasteiger partial charge in [-0.1, -0.05) is 84.9 Å². The zero-order valence-corrected chi connectivity index (χ0v) is 27.7. The zero-order valence-electron chi connectivity index (χ0n) is 27.7. The Kier molecular flexibility index (Phi) is 13.2. The van der Waals surface area contributed by atoms with E-state index in [1.165, 1.54) is 0 Å². The number of aliphatic hydroxyl groups excluding tert-OH is 1. The summed E-state index contributed by atoms with van der Waals surface area (Å²) in [5, 5.41) is 13.1. The van der Waals surface area contributed by atoms with Crippen LogP contribution in [0.1, 0.15) is 61.6 Å². The average molecular weight is 653 g/mol. The van der Waals surface area contributed by atoms with Gasteiger partial charge in [-0.15, -0.1) is 0 Å². The molecule has 0 bridgehead atoms. The Morgan fingerprint density at radius 2 is 1.60 bits per heavy atom. The Bertz CT molecular complexity index is 1480. The molecule has 4 atom stereocenters. The minimum absolute atomic E-state index is 0.0219. The number of rotatable bonds is 11. The summed E-state index contributed by atoms with van der Waals surface area (Å²) in [5.74, 6) is -0.578. The van der Waals surface area contributed by atoms with E-state index in [1.807, 2.05) is 95.9 Å². The van der Waals surface area contributed by atoms with Crippen molar-refractivity contribution in [1.29, 1.82) is 0 Å². The molecule has 2 aliphatic rings. The molecule has 3 aromatic carbocycles. The fraction of sp³-hybridized carbons (Fsp3) is 0.425. The first-order chi connectivity index (χ1) is 23.5. The molecule has 1 fully saturated rings. The number of aliphatic hydroxyl groups is 1. The monoisotopic (exact) mass is 652 g/mol. The number of cyclic esters (lactones) is 1. The van der Waals surface area contributed by atoms with Crippen molar-refractivity contribution in [2.24, 2.45) is 11.8 Å². The molecule has 0 aliphatic carbocycles. The van der Waals surface area contributed by atoms with Crippen molar-refractivity contribution in [3.8, 4) is 5.75 Å². The molecule has 0 spiro atoms. The normalized spacial score (nSPS) is 21.1. The topological polar surface area (TPSA) is 105 Å². The first-order valence-electron chi connectivity index (χ1n) is 17.3. The van der Waals surface area contributed by atoms with Gasteiger partial charge in [0.05, 0.1) is 30.5 Å². The maximum Gasteiger partial charge on any atom is 0.309 e. The van der Waals surface area contributed by atoms with Gasteiger partial charge in [0.1, 0.15) is 19.0 Å². The highest BCUT2D eigenvalue weighted by Crippen LogP contribution is 2.26. The van der Waals surface area contributed by atoms with Crippen molar-refractivity contribution in [2.45, 2.75) is 76.5 Å². The van der Waals surface area contributed by atoms with Crippen molar-refractivity contribution in [3.63, 3.8) is 0 Å². The molecule has 8 nitrogen and oxygen atoms in total. The van der Waals surface area contributed by atoms with Crippen LogP contribution >= 0.6 is 0 Å². The smallest absolute Gasteiger partial charge is 0.309 e. The Labute approximate surface area is 284 Å². The minimum Gasteiger partial charge on any atom is -0.489 e. The number of ether oxygens (including phenoxy) is 2. The molecule has 0 saturated carbocycles. The molecule has 2 heterocycles. The molecule has 3 aromatic rings. The average Bonchev–Trinajstić information content (AvgIpc) is 3.59. The summed E-state index contributed by atoms with van der Waals surface area (Å²) in [7, 11) is 0. The number of fused-ring (bicyclic) bond motifs is 1. The third kappa shape index (κ3) is 10.5. The zero-order chi connectivity index (χ0) is 33.6. The van der Waals surface area contributed by atoms with E-state index in [4.69, 9.17) is 9.47 Å². The number of carbonyl (C=O) groups excluding carboxylic acids is 3. The number of esters is 1. The van der Waals surface area contributed by atoms with Gasteiger partial charge in [-0.25, -0.2) is 0 Å². The van der Waals surface area contributed by atoms with Gasteiger partial charge in [-0.05, 0) is 80.2 Å². The van der Waals surface area contributed by atoms with Gasteiger partial charge in [0.2, 0.25) is 11.8 Å². The Balaban J connectivity index is 1.17. The molecule has 254 valence electrons. The van der Waals surface area contributed by atoms with Crippen molar-refractivity contribution in [1.82, 2.24) is 10.2 Å². The van der Waals surface area contributed by atoms with E-state index in [1.54, 1.807) is 0 Å². The molecule has 8 heteroatoms. The number of carbonyl (C=O) groups is 3. The van der Waals surface area contributed by atoms with Gasteiger partial charge >= 0.3 is 5.97 Å². The molecule has 48 heavy (non-hydrogen) atoms. The Hall–Kier alpha value is -4.43. The van der Waals surface area contributed by atoms with Crippen LogP contribution in [-0.4, -0.2) is 59.6 Å². The number of hydrogen-bond donors (Lipinski definition) is 2. The predicted octanol–water partition coefficient (Wildman–Crippen LogP) is 5.81. The number of allylic oxidation sites excluding steroid dienone is 2. The van der Waals surface area contributed by atoms with Gasteiger partial charge in [0.15, 0.2) is 0 Å². The molecule has 2 amide bonds. The number of nitrogens with zero attached hydrogens (tertiary/aromatic N) is 1. The molecule has 2 N–H and O–H groups in total. The van der Waals surface area contributed by atoms with E-state index in [2.05, 4.69) is 11.4 Å². The highest BCUT2D eigenvalue weighted by Gasteiger charge is 2.35. The van der Waals surface area contributed by atoms with E-state index < -0.39 is 12.0 Å². The number of amides is 2. The van der Waals surface area contributed by atoms with Gasteiger partial charge in [0.25, 0.3) is 0 Å². The standard InChI is InChI=1S/C40H48N2O6/c43-27-35(25-31-19-21-37(22-20-31)47-28-32-14-7-4-8-15-32)41-38(44)26-33-16-9-1-2-10-17-34(24-30-12-5-3-6-13-30)40(46)48-29-36-18-11-23-42(36)39(33)45/h1,3-9,12-15,19-22,33-36,43H,2,10-11,16-18,23-29H2,(H,41,44)/t33-,34-,35+,36+/m1/s1. The van der Waals surface area contributed by atoms with Crippen molar-refractivity contribution >= 4 is 17.8 Å². The molecule has 5 rings (SSSR count). The first kappa shape index (κ1) is 34.9. The lowest BCUT2D eigenvalue weighted by Crippen LogP contribution is -2.45. The number of hydrogen-bond acceptors (Lipinski definition) is 6. The molecule has 0 radical (unpaired) electrons. The number of nitrogens with one attached hydrogen (secondary N) is 1. The summed E-state index contributed by atoms with van der Waals surface area (Å²) in [5.41, 5.74) is 3.15.